The normalized spacial score (nSPS) is 9.83. The molecule has 2 aromatic carbocycles. The molecule has 0 aliphatic heterocycles. The third kappa shape index (κ3) is 4.41. The van der Waals surface area contributed by atoms with Crippen molar-refractivity contribution < 1.29 is 14.4 Å². The highest BCUT2D eigenvalue weighted by molar-refractivity contribution is 6.05. The molecule has 0 spiro atoms. The van der Waals surface area contributed by atoms with Crippen LogP contribution >= 0.6 is 0 Å². The number of nitrogens with one attached hydrogen (secondary N) is 3. The lowest BCUT2D eigenvalue weighted by Crippen LogP contribution is -2.18. The molecule has 0 aromatic heterocycles. The maximum Gasteiger partial charge on any atom is 0.255 e. The van der Waals surface area contributed by atoms with Crippen molar-refractivity contribution in [2.45, 2.75) is 6.92 Å². The zero-order valence-electron chi connectivity index (χ0n) is 12.8. The second-order valence-electron chi connectivity index (χ2n) is 4.87. The SMILES string of the molecule is CNC(=O)c1cccc(NC(=O)c2ccc(NC(C)=O)cc2)c1. The molecule has 0 bridgehead atoms. The Morgan fingerprint density at radius 1 is 0.783 bits per heavy atom. The zero-order chi connectivity index (χ0) is 16.8. The Morgan fingerprint density at radius 3 is 2.09 bits per heavy atom. The molecule has 2 aromatic rings. The van der Waals surface area contributed by atoms with Crippen LogP contribution in [0.15, 0.2) is 48.5 Å². The highest BCUT2D eigenvalue weighted by Crippen LogP contribution is 2.14. The van der Waals surface area contributed by atoms with Crippen LogP contribution in [0.4, 0.5) is 11.4 Å². The van der Waals surface area contributed by atoms with Gasteiger partial charge in [-0.25, -0.2) is 0 Å². The number of hydrogen-bond donors (Lipinski definition) is 3. The number of carbonyl (C=O) groups excluding carboxylic acids is 3. The minimum atomic E-state index is -0.298. The molecule has 2 rings (SSSR count). The van der Waals surface area contributed by atoms with Gasteiger partial charge in [0.25, 0.3) is 11.8 Å². The van der Waals surface area contributed by atoms with Gasteiger partial charge in [0.2, 0.25) is 5.91 Å². The van der Waals surface area contributed by atoms with Crippen molar-refractivity contribution in [1.82, 2.24) is 5.32 Å². The standard InChI is InChI=1S/C17H17N3O3/c1-11(21)19-14-8-6-12(7-9-14)17(23)20-15-5-3-4-13(10-15)16(22)18-2/h3-10H,1-2H3,(H,18,22)(H,19,21)(H,20,23). The van der Waals surface area contributed by atoms with Crippen LogP contribution in [-0.2, 0) is 4.79 Å². The fourth-order valence-corrected chi connectivity index (χ4v) is 1.99. The Kier molecular flexibility index (Phi) is 5.09. The van der Waals surface area contributed by atoms with Gasteiger partial charge in [-0.2, -0.15) is 0 Å². The number of amides is 3. The predicted molar refractivity (Wildman–Crippen MR) is 88.5 cm³/mol. The van der Waals surface area contributed by atoms with Gasteiger partial charge in [-0.05, 0) is 42.5 Å². The molecule has 23 heavy (non-hydrogen) atoms. The first-order valence-electron chi connectivity index (χ1n) is 7.01. The fourth-order valence-electron chi connectivity index (χ4n) is 1.99. The maximum atomic E-state index is 12.2. The molecule has 0 atom stereocenters. The average molecular weight is 311 g/mol. The van der Waals surface area contributed by atoms with Crippen molar-refractivity contribution in [1.29, 1.82) is 0 Å². The van der Waals surface area contributed by atoms with Crippen molar-refractivity contribution >= 4 is 29.1 Å². The number of anilines is 2. The number of hydrogen-bond acceptors (Lipinski definition) is 3. The van der Waals surface area contributed by atoms with Crippen LogP contribution in [-0.4, -0.2) is 24.8 Å². The van der Waals surface area contributed by atoms with Gasteiger partial charge in [-0.1, -0.05) is 6.07 Å². The second kappa shape index (κ2) is 7.22. The molecule has 0 saturated carbocycles. The summed E-state index contributed by atoms with van der Waals surface area (Å²) >= 11 is 0. The van der Waals surface area contributed by atoms with Crippen LogP contribution in [0, 0.1) is 0 Å². The summed E-state index contributed by atoms with van der Waals surface area (Å²) in [7, 11) is 1.55. The van der Waals surface area contributed by atoms with Gasteiger partial charge in [-0.15, -0.1) is 0 Å². The van der Waals surface area contributed by atoms with Crippen LogP contribution < -0.4 is 16.0 Å². The molecular formula is C17H17N3O3. The summed E-state index contributed by atoms with van der Waals surface area (Å²) in [4.78, 5) is 34.7. The van der Waals surface area contributed by atoms with E-state index in [0.29, 0.717) is 22.5 Å². The fraction of sp³-hybridized carbons (Fsp3) is 0.118. The molecule has 6 nitrogen and oxygen atoms in total. The lowest BCUT2D eigenvalue weighted by atomic mass is 10.1. The Labute approximate surface area is 133 Å². The van der Waals surface area contributed by atoms with Crippen molar-refractivity contribution in [2.75, 3.05) is 17.7 Å². The monoisotopic (exact) mass is 311 g/mol. The third-order valence-corrected chi connectivity index (χ3v) is 3.08. The van der Waals surface area contributed by atoms with Gasteiger partial charge in [0.1, 0.15) is 0 Å². The predicted octanol–water partition coefficient (Wildman–Crippen LogP) is 2.26. The van der Waals surface area contributed by atoms with Gasteiger partial charge < -0.3 is 16.0 Å². The average Bonchev–Trinajstić information content (AvgIpc) is 2.54. The Bertz CT molecular complexity index is 739. The van der Waals surface area contributed by atoms with Crippen molar-refractivity contribution in [2.24, 2.45) is 0 Å². The second-order valence-corrected chi connectivity index (χ2v) is 4.87. The molecule has 118 valence electrons. The van der Waals surface area contributed by atoms with E-state index in [-0.39, 0.29) is 17.7 Å². The lowest BCUT2D eigenvalue weighted by molar-refractivity contribution is -0.114. The molecule has 0 aliphatic rings. The summed E-state index contributed by atoms with van der Waals surface area (Å²) in [5, 5.41) is 7.89. The molecule has 0 heterocycles. The molecule has 0 saturated heterocycles. The molecule has 3 N–H and O–H groups in total. The topological polar surface area (TPSA) is 87.3 Å². The quantitative estimate of drug-likeness (QED) is 0.809. The maximum absolute atomic E-state index is 12.2. The number of carbonyl (C=O) groups is 3. The van der Waals surface area contributed by atoms with Gasteiger partial charge >= 0.3 is 0 Å². The number of benzene rings is 2. The van der Waals surface area contributed by atoms with Crippen LogP contribution in [0.3, 0.4) is 0 Å². The Morgan fingerprint density at radius 2 is 1.48 bits per heavy atom. The van der Waals surface area contributed by atoms with E-state index in [1.54, 1.807) is 55.6 Å². The lowest BCUT2D eigenvalue weighted by Gasteiger charge is -2.08. The van der Waals surface area contributed by atoms with E-state index in [0.717, 1.165) is 0 Å². The van der Waals surface area contributed by atoms with E-state index in [4.69, 9.17) is 0 Å². The first-order valence-corrected chi connectivity index (χ1v) is 7.01. The summed E-state index contributed by atoms with van der Waals surface area (Å²) < 4.78 is 0. The van der Waals surface area contributed by atoms with E-state index in [1.165, 1.54) is 6.92 Å². The van der Waals surface area contributed by atoms with Gasteiger partial charge in [0, 0.05) is 36.5 Å². The number of rotatable bonds is 4. The van der Waals surface area contributed by atoms with E-state index >= 15 is 0 Å². The first-order chi connectivity index (χ1) is 11.0. The van der Waals surface area contributed by atoms with Crippen LogP contribution in [0.25, 0.3) is 0 Å². The van der Waals surface area contributed by atoms with E-state index in [2.05, 4.69) is 16.0 Å². The van der Waals surface area contributed by atoms with Crippen molar-refractivity contribution in [3.05, 3.63) is 59.7 Å². The van der Waals surface area contributed by atoms with Crippen LogP contribution in [0.5, 0.6) is 0 Å². The highest BCUT2D eigenvalue weighted by Gasteiger charge is 2.08. The highest BCUT2D eigenvalue weighted by atomic mass is 16.2. The van der Waals surface area contributed by atoms with Gasteiger partial charge in [0.05, 0.1) is 0 Å². The Hall–Kier alpha value is -3.15. The minimum absolute atomic E-state index is 0.173. The third-order valence-electron chi connectivity index (χ3n) is 3.08. The summed E-state index contributed by atoms with van der Waals surface area (Å²) in [5.74, 6) is -0.692. The van der Waals surface area contributed by atoms with Crippen LogP contribution in [0.1, 0.15) is 27.6 Å². The summed E-state index contributed by atoms with van der Waals surface area (Å²) in [5.41, 5.74) is 2.06. The van der Waals surface area contributed by atoms with E-state index < -0.39 is 0 Å². The Balaban J connectivity index is 2.09. The van der Waals surface area contributed by atoms with Crippen LogP contribution in [0.2, 0.25) is 0 Å². The first kappa shape index (κ1) is 16.2. The summed E-state index contributed by atoms with van der Waals surface area (Å²) in [6.07, 6.45) is 0. The van der Waals surface area contributed by atoms with Gasteiger partial charge in [0.15, 0.2) is 0 Å². The summed E-state index contributed by atoms with van der Waals surface area (Å²) in [6.45, 7) is 1.42. The van der Waals surface area contributed by atoms with Gasteiger partial charge in [-0.3, -0.25) is 14.4 Å². The molecule has 6 heteroatoms. The van der Waals surface area contributed by atoms with Crippen molar-refractivity contribution in [3.8, 4) is 0 Å². The van der Waals surface area contributed by atoms with E-state index in [1.807, 2.05) is 0 Å². The van der Waals surface area contributed by atoms with E-state index in [9.17, 15) is 14.4 Å². The molecule has 0 unspecified atom stereocenters. The largest absolute Gasteiger partial charge is 0.355 e. The molecule has 0 radical (unpaired) electrons. The minimum Gasteiger partial charge on any atom is -0.355 e. The molecule has 3 amide bonds. The summed E-state index contributed by atoms with van der Waals surface area (Å²) in [6, 6.07) is 13.2. The van der Waals surface area contributed by atoms with Crippen molar-refractivity contribution in [3.63, 3.8) is 0 Å². The molecule has 0 fully saturated rings. The smallest absolute Gasteiger partial charge is 0.255 e. The zero-order valence-corrected chi connectivity index (χ0v) is 12.8. The molecular weight excluding hydrogens is 294 g/mol. The molecule has 0 aliphatic carbocycles.